The normalized spacial score (nSPS) is 15.6. The van der Waals surface area contributed by atoms with E-state index >= 15 is 0 Å². The molecule has 1 heterocycles. The number of benzene rings is 1. The van der Waals surface area contributed by atoms with Crippen LogP contribution < -0.4 is 4.90 Å². The summed E-state index contributed by atoms with van der Waals surface area (Å²) in [4.78, 5) is 13.6. The molecular formula is C12H14BrNO3. The fraction of sp³-hybridized carbons (Fsp3) is 0.417. The van der Waals surface area contributed by atoms with Crippen LogP contribution in [0.4, 0.5) is 5.69 Å². The molecule has 0 radical (unpaired) electrons. The highest BCUT2D eigenvalue weighted by molar-refractivity contribution is 9.10. The highest BCUT2D eigenvalue weighted by Crippen LogP contribution is 2.29. The Kier molecular flexibility index (Phi) is 3.69. The molecule has 1 saturated heterocycles. The summed E-state index contributed by atoms with van der Waals surface area (Å²) >= 11 is 3.37. The first-order valence-electron chi connectivity index (χ1n) is 5.39. The van der Waals surface area contributed by atoms with Gasteiger partial charge in [-0.05, 0) is 34.1 Å². The molecular weight excluding hydrogens is 286 g/mol. The standard InChI is InChI=1S/C12H14BrNO3/c1-17-12(16)10-3-2-9(4-11(10)13)14-5-8(6-14)7-15/h2-4,8,15H,5-7H2,1H3. The van der Waals surface area contributed by atoms with Crippen molar-refractivity contribution in [3.05, 3.63) is 28.2 Å². The summed E-state index contributed by atoms with van der Waals surface area (Å²) in [5.41, 5.74) is 1.57. The Bertz CT molecular complexity index is 430. The average molecular weight is 300 g/mol. The molecule has 1 aliphatic heterocycles. The topological polar surface area (TPSA) is 49.8 Å². The first kappa shape index (κ1) is 12.4. The van der Waals surface area contributed by atoms with Gasteiger partial charge in [0.05, 0.1) is 12.7 Å². The molecule has 0 aliphatic carbocycles. The summed E-state index contributed by atoms with van der Waals surface area (Å²) in [7, 11) is 1.37. The predicted molar refractivity (Wildman–Crippen MR) is 68.3 cm³/mol. The van der Waals surface area contributed by atoms with E-state index < -0.39 is 0 Å². The number of halogens is 1. The Morgan fingerprint density at radius 3 is 2.82 bits per heavy atom. The summed E-state index contributed by atoms with van der Waals surface area (Å²) in [6.45, 7) is 1.96. The molecule has 1 aromatic rings. The summed E-state index contributed by atoms with van der Waals surface area (Å²) in [6.07, 6.45) is 0. The summed E-state index contributed by atoms with van der Waals surface area (Å²) in [6, 6.07) is 5.54. The number of aliphatic hydroxyl groups is 1. The number of esters is 1. The lowest BCUT2D eigenvalue weighted by Gasteiger charge is -2.40. The highest BCUT2D eigenvalue weighted by Gasteiger charge is 2.26. The summed E-state index contributed by atoms with van der Waals surface area (Å²) in [5.74, 6) is 0.0225. The molecule has 1 aliphatic rings. The van der Waals surface area contributed by atoms with Crippen molar-refractivity contribution in [2.75, 3.05) is 31.7 Å². The van der Waals surface area contributed by atoms with E-state index in [0.29, 0.717) is 11.5 Å². The van der Waals surface area contributed by atoms with Crippen molar-refractivity contribution >= 4 is 27.6 Å². The largest absolute Gasteiger partial charge is 0.465 e. The fourth-order valence-electron chi connectivity index (χ4n) is 1.87. The molecule has 5 heteroatoms. The van der Waals surface area contributed by atoms with E-state index in [9.17, 15) is 4.79 Å². The zero-order valence-corrected chi connectivity index (χ0v) is 11.1. The number of hydrogen-bond acceptors (Lipinski definition) is 4. The van der Waals surface area contributed by atoms with Gasteiger partial charge in [-0.25, -0.2) is 4.79 Å². The molecule has 17 heavy (non-hydrogen) atoms. The van der Waals surface area contributed by atoms with E-state index in [0.717, 1.165) is 23.2 Å². The van der Waals surface area contributed by atoms with Crippen LogP contribution in [-0.2, 0) is 4.74 Å². The van der Waals surface area contributed by atoms with E-state index in [4.69, 9.17) is 5.11 Å². The Hall–Kier alpha value is -1.07. The van der Waals surface area contributed by atoms with Crippen LogP contribution in [0.3, 0.4) is 0 Å². The van der Waals surface area contributed by atoms with Gasteiger partial charge in [0.2, 0.25) is 0 Å². The Morgan fingerprint density at radius 2 is 2.29 bits per heavy atom. The fourth-order valence-corrected chi connectivity index (χ4v) is 2.40. The quantitative estimate of drug-likeness (QED) is 0.863. The van der Waals surface area contributed by atoms with Crippen molar-refractivity contribution in [3.63, 3.8) is 0 Å². The van der Waals surface area contributed by atoms with Crippen molar-refractivity contribution in [1.82, 2.24) is 0 Å². The van der Waals surface area contributed by atoms with Crippen LogP contribution >= 0.6 is 15.9 Å². The van der Waals surface area contributed by atoms with Gasteiger partial charge in [-0.2, -0.15) is 0 Å². The van der Waals surface area contributed by atoms with E-state index in [1.54, 1.807) is 6.07 Å². The van der Waals surface area contributed by atoms with Crippen molar-refractivity contribution in [2.24, 2.45) is 5.92 Å². The maximum Gasteiger partial charge on any atom is 0.339 e. The molecule has 1 aromatic carbocycles. The number of ether oxygens (including phenoxy) is 1. The van der Waals surface area contributed by atoms with E-state index in [1.807, 2.05) is 12.1 Å². The van der Waals surface area contributed by atoms with Gasteiger partial charge in [0, 0.05) is 35.8 Å². The lowest BCUT2D eigenvalue weighted by Crippen LogP contribution is -2.48. The number of aliphatic hydroxyl groups excluding tert-OH is 1. The second-order valence-electron chi connectivity index (χ2n) is 4.11. The minimum atomic E-state index is -0.347. The zero-order valence-electron chi connectivity index (χ0n) is 9.52. The molecule has 0 amide bonds. The van der Waals surface area contributed by atoms with Crippen LogP contribution in [-0.4, -0.2) is 37.9 Å². The molecule has 92 valence electrons. The maximum atomic E-state index is 11.4. The van der Waals surface area contributed by atoms with Gasteiger partial charge < -0.3 is 14.7 Å². The van der Waals surface area contributed by atoms with Crippen LogP contribution in [0, 0.1) is 5.92 Å². The second kappa shape index (κ2) is 5.06. The molecule has 0 atom stereocenters. The number of anilines is 1. The molecule has 0 unspecified atom stereocenters. The highest BCUT2D eigenvalue weighted by atomic mass is 79.9. The molecule has 2 rings (SSSR count). The predicted octanol–water partition coefficient (Wildman–Crippen LogP) is 1.66. The van der Waals surface area contributed by atoms with Gasteiger partial charge in [-0.1, -0.05) is 0 Å². The Morgan fingerprint density at radius 1 is 1.59 bits per heavy atom. The van der Waals surface area contributed by atoms with Gasteiger partial charge in [-0.3, -0.25) is 0 Å². The van der Waals surface area contributed by atoms with Gasteiger partial charge in [0.15, 0.2) is 0 Å². The lowest BCUT2D eigenvalue weighted by molar-refractivity contribution is 0.0599. The van der Waals surface area contributed by atoms with Gasteiger partial charge in [0.1, 0.15) is 0 Å². The number of nitrogens with zero attached hydrogens (tertiary/aromatic N) is 1. The number of methoxy groups -OCH3 is 1. The van der Waals surface area contributed by atoms with Gasteiger partial charge in [0.25, 0.3) is 0 Å². The Balaban J connectivity index is 2.12. The molecule has 0 saturated carbocycles. The van der Waals surface area contributed by atoms with Crippen LogP contribution in [0.25, 0.3) is 0 Å². The summed E-state index contributed by atoms with van der Waals surface area (Å²) < 4.78 is 5.41. The number of carbonyl (C=O) groups excluding carboxylic acids is 1. The third-order valence-corrected chi connectivity index (χ3v) is 3.59. The number of rotatable bonds is 3. The molecule has 0 spiro atoms. The van der Waals surface area contributed by atoms with E-state index in [1.165, 1.54) is 7.11 Å². The SMILES string of the molecule is COC(=O)c1ccc(N2CC(CO)C2)cc1Br. The third-order valence-electron chi connectivity index (χ3n) is 2.94. The van der Waals surface area contributed by atoms with Gasteiger partial charge in [-0.15, -0.1) is 0 Å². The molecule has 1 N–H and O–H groups in total. The van der Waals surface area contributed by atoms with Crippen molar-refractivity contribution in [2.45, 2.75) is 0 Å². The minimum absolute atomic E-state index is 0.234. The first-order valence-corrected chi connectivity index (χ1v) is 6.18. The maximum absolute atomic E-state index is 11.4. The molecule has 0 bridgehead atoms. The lowest BCUT2D eigenvalue weighted by atomic mass is 10.00. The second-order valence-corrected chi connectivity index (χ2v) is 4.96. The van der Waals surface area contributed by atoms with Gasteiger partial charge >= 0.3 is 5.97 Å². The molecule has 1 fully saturated rings. The van der Waals surface area contributed by atoms with E-state index in [-0.39, 0.29) is 12.6 Å². The third kappa shape index (κ3) is 2.45. The number of carbonyl (C=O) groups is 1. The molecule has 4 nitrogen and oxygen atoms in total. The van der Waals surface area contributed by atoms with Crippen LogP contribution in [0.1, 0.15) is 10.4 Å². The first-order chi connectivity index (χ1) is 8.15. The van der Waals surface area contributed by atoms with Crippen molar-refractivity contribution < 1.29 is 14.6 Å². The van der Waals surface area contributed by atoms with Crippen molar-refractivity contribution in [1.29, 1.82) is 0 Å². The number of hydrogen-bond donors (Lipinski definition) is 1. The zero-order chi connectivity index (χ0) is 12.4. The Labute approximate surface area is 108 Å². The van der Waals surface area contributed by atoms with E-state index in [2.05, 4.69) is 25.6 Å². The van der Waals surface area contributed by atoms with Crippen LogP contribution in [0.2, 0.25) is 0 Å². The minimum Gasteiger partial charge on any atom is -0.465 e. The van der Waals surface area contributed by atoms with Crippen LogP contribution in [0.15, 0.2) is 22.7 Å². The van der Waals surface area contributed by atoms with Crippen LogP contribution in [0.5, 0.6) is 0 Å². The van der Waals surface area contributed by atoms with Crippen molar-refractivity contribution in [3.8, 4) is 0 Å². The summed E-state index contributed by atoms with van der Waals surface area (Å²) in [5, 5.41) is 8.96. The monoisotopic (exact) mass is 299 g/mol. The molecule has 0 aromatic heterocycles. The average Bonchev–Trinajstić information content (AvgIpc) is 2.27. The smallest absolute Gasteiger partial charge is 0.339 e.